The highest BCUT2D eigenvalue weighted by molar-refractivity contribution is 5.25. The van der Waals surface area contributed by atoms with Gasteiger partial charge in [-0.1, -0.05) is 38.1 Å². The molecule has 96 valence electrons. The first kappa shape index (κ1) is 14.2. The Morgan fingerprint density at radius 1 is 1.18 bits per heavy atom. The Bertz CT molecular complexity index is 331. The van der Waals surface area contributed by atoms with Crippen LogP contribution in [0.3, 0.4) is 0 Å². The summed E-state index contributed by atoms with van der Waals surface area (Å²) in [6.45, 7) is 7.82. The Hall–Kier alpha value is -0.860. The van der Waals surface area contributed by atoms with Crippen LogP contribution in [0.4, 0.5) is 0 Å². The Balaban J connectivity index is 2.32. The quantitative estimate of drug-likeness (QED) is 0.712. The highest BCUT2D eigenvalue weighted by atomic mass is 16.3. The molecule has 2 N–H and O–H groups in total. The maximum absolute atomic E-state index is 10.1. The largest absolute Gasteiger partial charge is 0.389 e. The van der Waals surface area contributed by atoms with E-state index < -0.39 is 5.60 Å². The Morgan fingerprint density at radius 2 is 1.82 bits per heavy atom. The Labute approximate surface area is 105 Å². The summed E-state index contributed by atoms with van der Waals surface area (Å²) in [6.07, 6.45) is 2.64. The summed E-state index contributed by atoms with van der Waals surface area (Å²) < 4.78 is 0. The molecule has 0 bridgehead atoms. The van der Waals surface area contributed by atoms with Crippen molar-refractivity contribution < 1.29 is 5.11 Å². The SMILES string of the molecule is CCC(O)(CC)CNCCc1ccccc1C. The van der Waals surface area contributed by atoms with Gasteiger partial charge in [-0.15, -0.1) is 0 Å². The predicted molar refractivity (Wildman–Crippen MR) is 73.3 cm³/mol. The van der Waals surface area contributed by atoms with E-state index in [4.69, 9.17) is 0 Å². The zero-order valence-electron chi connectivity index (χ0n) is 11.3. The molecule has 0 atom stereocenters. The summed E-state index contributed by atoms with van der Waals surface area (Å²) in [5, 5.41) is 13.5. The summed E-state index contributed by atoms with van der Waals surface area (Å²) >= 11 is 0. The monoisotopic (exact) mass is 235 g/mol. The predicted octanol–water partition coefficient (Wildman–Crippen LogP) is 2.68. The van der Waals surface area contributed by atoms with Crippen LogP contribution < -0.4 is 5.32 Å². The van der Waals surface area contributed by atoms with Crippen molar-refractivity contribution in [3.8, 4) is 0 Å². The molecule has 0 saturated carbocycles. The molecule has 0 unspecified atom stereocenters. The topological polar surface area (TPSA) is 32.3 Å². The third kappa shape index (κ3) is 4.49. The summed E-state index contributed by atoms with van der Waals surface area (Å²) in [5.74, 6) is 0. The fraction of sp³-hybridized carbons (Fsp3) is 0.600. The van der Waals surface area contributed by atoms with Crippen LogP contribution in [0.25, 0.3) is 0 Å². The van der Waals surface area contributed by atoms with Crippen LogP contribution in [0.1, 0.15) is 37.8 Å². The number of aryl methyl sites for hydroxylation is 1. The molecule has 1 aromatic rings. The number of benzene rings is 1. The molecule has 0 spiro atoms. The van der Waals surface area contributed by atoms with E-state index >= 15 is 0 Å². The minimum absolute atomic E-state index is 0.536. The second-order valence-corrected chi connectivity index (χ2v) is 4.78. The molecule has 0 aliphatic carbocycles. The van der Waals surface area contributed by atoms with Crippen molar-refractivity contribution in [2.45, 2.75) is 45.6 Å². The van der Waals surface area contributed by atoms with Gasteiger partial charge in [-0.2, -0.15) is 0 Å². The van der Waals surface area contributed by atoms with Gasteiger partial charge in [0.15, 0.2) is 0 Å². The maximum atomic E-state index is 10.1. The van der Waals surface area contributed by atoms with Crippen molar-refractivity contribution in [1.82, 2.24) is 5.32 Å². The highest BCUT2D eigenvalue weighted by Crippen LogP contribution is 2.13. The standard InChI is InChI=1S/C15H25NO/c1-4-15(17,5-2)12-16-11-10-14-9-7-6-8-13(14)3/h6-9,16-17H,4-5,10-12H2,1-3H3. The lowest BCUT2D eigenvalue weighted by molar-refractivity contribution is 0.0328. The van der Waals surface area contributed by atoms with Crippen molar-refractivity contribution in [2.75, 3.05) is 13.1 Å². The van der Waals surface area contributed by atoms with Gasteiger partial charge in [-0.3, -0.25) is 0 Å². The van der Waals surface area contributed by atoms with Crippen LogP contribution in [-0.2, 0) is 6.42 Å². The van der Waals surface area contributed by atoms with Gasteiger partial charge in [0.25, 0.3) is 0 Å². The summed E-state index contributed by atoms with van der Waals surface area (Å²) in [6, 6.07) is 8.46. The van der Waals surface area contributed by atoms with E-state index in [1.807, 2.05) is 13.8 Å². The average Bonchev–Trinajstić information content (AvgIpc) is 2.36. The second kappa shape index (κ2) is 6.77. The first-order chi connectivity index (χ1) is 8.11. The van der Waals surface area contributed by atoms with Crippen molar-refractivity contribution in [3.63, 3.8) is 0 Å². The molecule has 0 heterocycles. The molecular weight excluding hydrogens is 210 g/mol. The summed E-state index contributed by atoms with van der Waals surface area (Å²) in [7, 11) is 0. The molecule has 0 amide bonds. The van der Waals surface area contributed by atoms with Crippen LogP contribution in [0.15, 0.2) is 24.3 Å². The lowest BCUT2D eigenvalue weighted by atomic mass is 9.97. The zero-order chi connectivity index (χ0) is 12.7. The molecule has 0 saturated heterocycles. The van der Waals surface area contributed by atoms with Gasteiger partial charge in [0.1, 0.15) is 0 Å². The summed E-state index contributed by atoms with van der Waals surface area (Å²) in [4.78, 5) is 0. The highest BCUT2D eigenvalue weighted by Gasteiger charge is 2.20. The van der Waals surface area contributed by atoms with Crippen molar-refractivity contribution >= 4 is 0 Å². The van der Waals surface area contributed by atoms with Crippen molar-refractivity contribution in [1.29, 1.82) is 0 Å². The third-order valence-electron chi connectivity index (χ3n) is 3.60. The minimum atomic E-state index is -0.536. The third-order valence-corrected chi connectivity index (χ3v) is 3.60. The van der Waals surface area contributed by atoms with E-state index in [9.17, 15) is 5.11 Å². The molecule has 0 aliphatic heterocycles. The zero-order valence-corrected chi connectivity index (χ0v) is 11.3. The van der Waals surface area contributed by atoms with Crippen LogP contribution >= 0.6 is 0 Å². The molecule has 2 nitrogen and oxygen atoms in total. The van der Waals surface area contributed by atoms with Gasteiger partial charge in [0.2, 0.25) is 0 Å². The fourth-order valence-corrected chi connectivity index (χ4v) is 1.93. The number of rotatable bonds is 7. The van der Waals surface area contributed by atoms with Crippen molar-refractivity contribution in [2.24, 2.45) is 0 Å². The molecule has 2 heteroatoms. The average molecular weight is 235 g/mol. The van der Waals surface area contributed by atoms with Gasteiger partial charge < -0.3 is 10.4 Å². The molecule has 17 heavy (non-hydrogen) atoms. The van der Waals surface area contributed by atoms with Gasteiger partial charge in [0, 0.05) is 6.54 Å². The maximum Gasteiger partial charge on any atom is 0.0766 e. The number of hydrogen-bond acceptors (Lipinski definition) is 2. The van der Waals surface area contributed by atoms with Crippen LogP contribution in [0.5, 0.6) is 0 Å². The summed E-state index contributed by atoms with van der Waals surface area (Å²) in [5.41, 5.74) is 2.19. The van der Waals surface area contributed by atoms with E-state index in [1.54, 1.807) is 0 Å². The van der Waals surface area contributed by atoms with E-state index in [0.29, 0.717) is 6.54 Å². The van der Waals surface area contributed by atoms with E-state index in [1.165, 1.54) is 11.1 Å². The van der Waals surface area contributed by atoms with E-state index in [-0.39, 0.29) is 0 Å². The van der Waals surface area contributed by atoms with Gasteiger partial charge in [0.05, 0.1) is 5.60 Å². The lowest BCUT2D eigenvalue weighted by Crippen LogP contribution is -2.40. The number of hydrogen-bond donors (Lipinski definition) is 2. The second-order valence-electron chi connectivity index (χ2n) is 4.78. The molecule has 0 aliphatic rings. The van der Waals surface area contributed by atoms with Crippen LogP contribution in [0, 0.1) is 6.92 Å². The van der Waals surface area contributed by atoms with Crippen molar-refractivity contribution in [3.05, 3.63) is 35.4 Å². The number of aliphatic hydroxyl groups is 1. The van der Waals surface area contributed by atoms with Crippen LogP contribution in [0.2, 0.25) is 0 Å². The fourth-order valence-electron chi connectivity index (χ4n) is 1.93. The molecule has 0 aromatic heterocycles. The van der Waals surface area contributed by atoms with E-state index in [0.717, 1.165) is 25.8 Å². The Morgan fingerprint density at radius 3 is 2.41 bits per heavy atom. The smallest absolute Gasteiger partial charge is 0.0766 e. The molecule has 0 radical (unpaired) electrons. The van der Waals surface area contributed by atoms with E-state index in [2.05, 4.69) is 36.5 Å². The minimum Gasteiger partial charge on any atom is -0.389 e. The normalized spacial score (nSPS) is 11.8. The van der Waals surface area contributed by atoms with Gasteiger partial charge in [-0.25, -0.2) is 0 Å². The van der Waals surface area contributed by atoms with Crippen LogP contribution in [-0.4, -0.2) is 23.8 Å². The Kier molecular flexibility index (Phi) is 5.66. The first-order valence-corrected chi connectivity index (χ1v) is 6.59. The number of nitrogens with one attached hydrogen (secondary N) is 1. The molecule has 1 rings (SSSR count). The molecule has 0 fully saturated rings. The van der Waals surface area contributed by atoms with Gasteiger partial charge in [-0.05, 0) is 43.9 Å². The molecule has 1 aromatic carbocycles. The molecular formula is C15H25NO. The first-order valence-electron chi connectivity index (χ1n) is 6.59. The van der Waals surface area contributed by atoms with Gasteiger partial charge >= 0.3 is 0 Å². The lowest BCUT2D eigenvalue weighted by Gasteiger charge is -2.25.